The van der Waals surface area contributed by atoms with Crippen LogP contribution in [-0.4, -0.2) is 34.6 Å². The van der Waals surface area contributed by atoms with Gasteiger partial charge in [-0.25, -0.2) is 4.98 Å². The molecule has 0 spiro atoms. The second-order valence-electron chi connectivity index (χ2n) is 9.44. The standard InChI is InChI=1S/C30H24ClN3O2S/c1-17-13-25-29(28(23(17)16-27(35)36)18-3-6-22(31)7-4-18)37-30(33-25)21-9-11-32-24(15-21)19-5-8-26-20(14-19)10-12-34(26)2/h3-9,11,13-15H,10,12,16H2,1-2H3,(H,35,36). The molecule has 0 aliphatic carbocycles. The number of carboxylic acids is 1. The molecule has 37 heavy (non-hydrogen) atoms. The molecule has 0 amide bonds. The van der Waals surface area contributed by atoms with Gasteiger partial charge in [-0.2, -0.15) is 0 Å². The lowest BCUT2D eigenvalue weighted by molar-refractivity contribution is -0.136. The van der Waals surface area contributed by atoms with Crippen molar-refractivity contribution in [3.05, 3.63) is 88.6 Å². The predicted molar refractivity (Wildman–Crippen MR) is 152 cm³/mol. The van der Waals surface area contributed by atoms with Crippen LogP contribution < -0.4 is 4.90 Å². The van der Waals surface area contributed by atoms with Crippen molar-refractivity contribution in [2.24, 2.45) is 0 Å². The van der Waals surface area contributed by atoms with Gasteiger partial charge in [-0.3, -0.25) is 9.78 Å². The van der Waals surface area contributed by atoms with Crippen LogP contribution in [0.2, 0.25) is 5.02 Å². The maximum Gasteiger partial charge on any atom is 0.307 e. The topological polar surface area (TPSA) is 66.3 Å². The number of likely N-dealkylation sites (N-methyl/N-ethyl adjacent to an activating group) is 1. The summed E-state index contributed by atoms with van der Waals surface area (Å²) in [5, 5.41) is 11.1. The van der Waals surface area contributed by atoms with E-state index in [1.165, 1.54) is 11.3 Å². The fourth-order valence-electron chi connectivity index (χ4n) is 5.11. The molecule has 5 aromatic rings. The van der Waals surface area contributed by atoms with Gasteiger partial charge in [-0.1, -0.05) is 29.8 Å². The summed E-state index contributed by atoms with van der Waals surface area (Å²) in [4.78, 5) is 23.7. The van der Waals surface area contributed by atoms with E-state index in [9.17, 15) is 9.90 Å². The Balaban J connectivity index is 1.48. The van der Waals surface area contributed by atoms with E-state index < -0.39 is 5.97 Å². The van der Waals surface area contributed by atoms with Crippen molar-refractivity contribution in [2.45, 2.75) is 19.8 Å². The largest absolute Gasteiger partial charge is 0.481 e. The van der Waals surface area contributed by atoms with Crippen LogP contribution in [0, 0.1) is 6.92 Å². The summed E-state index contributed by atoms with van der Waals surface area (Å²) in [5.74, 6) is -0.860. The van der Waals surface area contributed by atoms with Gasteiger partial charge in [0, 0.05) is 47.2 Å². The molecule has 1 aliphatic heterocycles. The molecular formula is C30H24ClN3O2S. The number of aryl methyl sites for hydroxylation is 1. The Morgan fingerprint density at radius 3 is 2.62 bits per heavy atom. The van der Waals surface area contributed by atoms with E-state index in [0.29, 0.717) is 5.02 Å². The molecule has 0 saturated heterocycles. The van der Waals surface area contributed by atoms with Crippen molar-refractivity contribution in [3.63, 3.8) is 0 Å². The lowest BCUT2D eigenvalue weighted by Gasteiger charge is -2.13. The van der Waals surface area contributed by atoms with Crippen LogP contribution in [0.4, 0.5) is 5.69 Å². The molecule has 0 fully saturated rings. The predicted octanol–water partition coefficient (Wildman–Crippen LogP) is 7.27. The Labute approximate surface area is 224 Å². The molecule has 0 atom stereocenters. The lowest BCUT2D eigenvalue weighted by Crippen LogP contribution is -2.12. The number of nitrogens with zero attached hydrogens (tertiary/aromatic N) is 3. The summed E-state index contributed by atoms with van der Waals surface area (Å²) in [5.41, 5.74) is 10.0. The highest BCUT2D eigenvalue weighted by atomic mass is 35.5. The third kappa shape index (κ3) is 4.37. The van der Waals surface area contributed by atoms with Crippen molar-refractivity contribution >= 4 is 44.8 Å². The molecule has 2 aromatic heterocycles. The van der Waals surface area contributed by atoms with E-state index in [-0.39, 0.29) is 6.42 Å². The molecule has 1 aliphatic rings. The summed E-state index contributed by atoms with van der Waals surface area (Å²) < 4.78 is 0.970. The second-order valence-corrected chi connectivity index (χ2v) is 10.9. The van der Waals surface area contributed by atoms with Crippen LogP contribution in [-0.2, 0) is 17.6 Å². The Hall–Kier alpha value is -3.74. The Bertz CT molecular complexity index is 1680. The Morgan fingerprint density at radius 2 is 1.84 bits per heavy atom. The van der Waals surface area contributed by atoms with Gasteiger partial charge >= 0.3 is 5.97 Å². The maximum atomic E-state index is 11.7. The van der Waals surface area contributed by atoms with Crippen LogP contribution >= 0.6 is 22.9 Å². The summed E-state index contributed by atoms with van der Waals surface area (Å²) in [6.07, 6.45) is 2.82. The number of rotatable bonds is 5. The SMILES string of the molecule is Cc1cc2nc(-c3ccnc(-c4ccc5c(c4)CCN5C)c3)sc2c(-c2ccc(Cl)cc2)c1CC(=O)O. The van der Waals surface area contributed by atoms with Crippen LogP contribution in [0.3, 0.4) is 0 Å². The van der Waals surface area contributed by atoms with Gasteiger partial charge in [0.25, 0.3) is 0 Å². The fourth-order valence-corrected chi connectivity index (χ4v) is 6.37. The number of aliphatic carboxylic acids is 1. The van der Waals surface area contributed by atoms with Crippen molar-refractivity contribution in [2.75, 3.05) is 18.5 Å². The highest BCUT2D eigenvalue weighted by molar-refractivity contribution is 7.22. The van der Waals surface area contributed by atoms with Gasteiger partial charge < -0.3 is 10.0 Å². The molecule has 0 unspecified atom stereocenters. The Morgan fingerprint density at radius 1 is 1.05 bits per heavy atom. The molecule has 3 heterocycles. The first-order valence-electron chi connectivity index (χ1n) is 12.1. The van der Waals surface area contributed by atoms with E-state index in [1.807, 2.05) is 49.5 Å². The van der Waals surface area contributed by atoms with Crippen molar-refractivity contribution in [1.82, 2.24) is 9.97 Å². The lowest BCUT2D eigenvalue weighted by atomic mass is 9.93. The number of pyridine rings is 1. The number of thiazole rings is 1. The van der Waals surface area contributed by atoms with Crippen molar-refractivity contribution in [3.8, 4) is 33.0 Å². The highest BCUT2D eigenvalue weighted by Crippen LogP contribution is 2.41. The Kier molecular flexibility index (Phi) is 5.94. The fraction of sp³-hybridized carbons (Fsp3) is 0.167. The number of hydrogen-bond donors (Lipinski definition) is 1. The zero-order valence-electron chi connectivity index (χ0n) is 20.5. The van der Waals surface area contributed by atoms with Crippen molar-refractivity contribution in [1.29, 1.82) is 0 Å². The average molecular weight is 526 g/mol. The third-order valence-corrected chi connectivity index (χ3v) is 8.37. The number of aromatic nitrogens is 2. The third-order valence-electron chi connectivity index (χ3n) is 6.98. The van der Waals surface area contributed by atoms with Crippen molar-refractivity contribution < 1.29 is 9.90 Å². The van der Waals surface area contributed by atoms with E-state index in [4.69, 9.17) is 16.6 Å². The van der Waals surface area contributed by atoms with E-state index in [0.717, 1.165) is 67.3 Å². The zero-order valence-corrected chi connectivity index (χ0v) is 22.0. The zero-order chi connectivity index (χ0) is 25.7. The van der Waals surface area contributed by atoms with Gasteiger partial charge in [-0.15, -0.1) is 11.3 Å². The summed E-state index contributed by atoms with van der Waals surface area (Å²) in [6.45, 7) is 2.99. The van der Waals surface area contributed by atoms with Gasteiger partial charge in [-0.05, 0) is 78.1 Å². The van der Waals surface area contributed by atoms with Crippen LogP contribution in [0.25, 0.3) is 43.2 Å². The quantitative estimate of drug-likeness (QED) is 0.261. The first-order chi connectivity index (χ1) is 17.9. The van der Waals surface area contributed by atoms with Crippen LogP contribution in [0.5, 0.6) is 0 Å². The molecule has 6 rings (SSSR count). The molecule has 1 N–H and O–H groups in total. The molecule has 0 bridgehead atoms. The summed E-state index contributed by atoms with van der Waals surface area (Å²) in [7, 11) is 2.12. The molecule has 7 heteroatoms. The summed E-state index contributed by atoms with van der Waals surface area (Å²) >= 11 is 7.73. The number of carboxylic acid groups (broad SMARTS) is 1. The number of fused-ring (bicyclic) bond motifs is 2. The first-order valence-corrected chi connectivity index (χ1v) is 13.3. The van der Waals surface area contributed by atoms with E-state index in [1.54, 1.807) is 11.3 Å². The minimum atomic E-state index is -0.860. The maximum absolute atomic E-state index is 11.7. The van der Waals surface area contributed by atoms with Crippen LogP contribution in [0.15, 0.2) is 66.9 Å². The van der Waals surface area contributed by atoms with Gasteiger partial charge in [0.2, 0.25) is 0 Å². The smallest absolute Gasteiger partial charge is 0.307 e. The van der Waals surface area contributed by atoms with Gasteiger partial charge in [0.1, 0.15) is 5.01 Å². The molecule has 0 saturated carbocycles. The number of halogens is 1. The number of hydrogen-bond acceptors (Lipinski definition) is 5. The number of benzene rings is 3. The molecular weight excluding hydrogens is 502 g/mol. The molecule has 5 nitrogen and oxygen atoms in total. The van der Waals surface area contributed by atoms with Crippen LogP contribution in [0.1, 0.15) is 16.7 Å². The first kappa shape index (κ1) is 23.6. The normalized spacial score (nSPS) is 12.8. The second kappa shape index (κ2) is 9.29. The van der Waals surface area contributed by atoms with Gasteiger partial charge in [0.05, 0.1) is 22.3 Å². The molecule has 3 aromatic carbocycles. The monoisotopic (exact) mass is 525 g/mol. The molecule has 184 valence electrons. The number of anilines is 1. The average Bonchev–Trinajstić information content (AvgIpc) is 3.48. The highest BCUT2D eigenvalue weighted by Gasteiger charge is 2.20. The van der Waals surface area contributed by atoms with E-state index >= 15 is 0 Å². The van der Waals surface area contributed by atoms with E-state index in [2.05, 4.69) is 41.2 Å². The minimum absolute atomic E-state index is 0.0557. The van der Waals surface area contributed by atoms with Gasteiger partial charge in [0.15, 0.2) is 0 Å². The minimum Gasteiger partial charge on any atom is -0.481 e. The summed E-state index contributed by atoms with van der Waals surface area (Å²) in [6, 6.07) is 20.2. The molecule has 0 radical (unpaired) electrons. The number of carbonyl (C=O) groups is 1.